The van der Waals surface area contributed by atoms with Crippen LogP contribution in [0.2, 0.25) is 0 Å². The molecule has 2 N–H and O–H groups in total. The highest BCUT2D eigenvalue weighted by Gasteiger charge is 2.31. The first-order valence-electron chi connectivity index (χ1n) is 16.7. The van der Waals surface area contributed by atoms with Crippen molar-refractivity contribution in [3.05, 3.63) is 12.2 Å². The van der Waals surface area contributed by atoms with Crippen LogP contribution < -0.4 is 5.32 Å². The SMILES string of the molecule is O=C(O)COCCOCCOCCOCCOCCOCCOCCOCCOCCNC(=O)C1CCC(CN2C(=O)C=CC2=O)CC1. The first kappa shape index (κ1) is 41.6. The van der Waals surface area contributed by atoms with Gasteiger partial charge in [0.15, 0.2) is 0 Å². The summed E-state index contributed by atoms with van der Waals surface area (Å²) in [5.41, 5.74) is 0. The van der Waals surface area contributed by atoms with Gasteiger partial charge in [0.05, 0.1) is 112 Å². The normalized spacial score (nSPS) is 17.8. The molecule has 0 bridgehead atoms. The van der Waals surface area contributed by atoms with Gasteiger partial charge in [0.2, 0.25) is 5.91 Å². The summed E-state index contributed by atoms with van der Waals surface area (Å²) in [6.45, 7) is 7.78. The molecule has 2 aliphatic rings. The minimum atomic E-state index is -1.00. The number of hydrogen-bond donors (Lipinski definition) is 2. The van der Waals surface area contributed by atoms with E-state index in [4.69, 9.17) is 47.7 Å². The minimum absolute atomic E-state index is 0.0293. The Kier molecular flexibility index (Phi) is 24.6. The maximum atomic E-state index is 12.4. The van der Waals surface area contributed by atoms with Gasteiger partial charge in [-0.2, -0.15) is 0 Å². The highest BCUT2D eigenvalue weighted by atomic mass is 16.6. The zero-order valence-corrected chi connectivity index (χ0v) is 28.0. The van der Waals surface area contributed by atoms with Crippen LogP contribution in [0.3, 0.4) is 0 Å². The molecule has 0 spiro atoms. The molecule has 48 heavy (non-hydrogen) atoms. The average molecular weight is 691 g/mol. The lowest BCUT2D eigenvalue weighted by molar-refractivity contribution is -0.143. The maximum Gasteiger partial charge on any atom is 0.329 e. The van der Waals surface area contributed by atoms with Gasteiger partial charge < -0.3 is 53.1 Å². The van der Waals surface area contributed by atoms with Crippen LogP contribution in [0.1, 0.15) is 25.7 Å². The lowest BCUT2D eigenvalue weighted by Gasteiger charge is -2.30. The number of aliphatic carboxylic acids is 1. The van der Waals surface area contributed by atoms with Gasteiger partial charge in [-0.15, -0.1) is 0 Å². The molecule has 3 amide bonds. The van der Waals surface area contributed by atoms with Crippen molar-refractivity contribution >= 4 is 23.7 Å². The summed E-state index contributed by atoms with van der Waals surface area (Å²) in [4.78, 5) is 47.5. The number of carboxylic acid groups (broad SMARTS) is 1. The van der Waals surface area contributed by atoms with E-state index < -0.39 is 5.97 Å². The van der Waals surface area contributed by atoms with Crippen molar-refractivity contribution in [2.75, 3.05) is 132 Å². The summed E-state index contributed by atoms with van der Waals surface area (Å²) >= 11 is 0. The number of ether oxygens (including phenoxy) is 9. The summed E-state index contributed by atoms with van der Waals surface area (Å²) in [6, 6.07) is 0. The highest BCUT2D eigenvalue weighted by Crippen LogP contribution is 2.30. The van der Waals surface area contributed by atoms with E-state index in [1.54, 1.807) is 0 Å². The van der Waals surface area contributed by atoms with Crippen molar-refractivity contribution in [2.45, 2.75) is 25.7 Å². The van der Waals surface area contributed by atoms with Gasteiger partial charge in [-0.3, -0.25) is 19.3 Å². The zero-order chi connectivity index (χ0) is 34.5. The van der Waals surface area contributed by atoms with Crippen LogP contribution in [0, 0.1) is 11.8 Å². The molecule has 0 aromatic heterocycles. The molecule has 0 radical (unpaired) electrons. The largest absolute Gasteiger partial charge is 0.480 e. The molecule has 1 aliphatic carbocycles. The monoisotopic (exact) mass is 690 g/mol. The van der Waals surface area contributed by atoms with Crippen LogP contribution >= 0.6 is 0 Å². The molecule has 0 aromatic rings. The third-order valence-corrected chi connectivity index (χ3v) is 7.31. The number of imide groups is 1. The second-order valence-electron chi connectivity index (χ2n) is 11.0. The van der Waals surface area contributed by atoms with Crippen molar-refractivity contribution in [2.24, 2.45) is 11.8 Å². The third kappa shape index (κ3) is 21.4. The van der Waals surface area contributed by atoms with Gasteiger partial charge in [0, 0.05) is 31.2 Å². The molecule has 1 aliphatic heterocycles. The number of carbonyl (C=O) groups excluding carboxylic acids is 3. The summed E-state index contributed by atoms with van der Waals surface area (Å²) in [5.74, 6) is -1.26. The molecule has 0 aromatic carbocycles. The Hall–Kier alpha value is -2.54. The lowest BCUT2D eigenvalue weighted by atomic mass is 9.81. The fourth-order valence-corrected chi connectivity index (χ4v) is 4.79. The molecule has 0 saturated heterocycles. The standard InChI is InChI=1S/C32H54N2O14/c35-29-5-6-30(36)34(29)25-27-1-3-28(4-2-27)32(39)33-7-8-40-9-10-41-11-12-42-13-14-43-15-16-44-17-18-45-19-20-46-21-22-47-23-24-48-26-31(37)38/h5-6,27-28H,1-4,7-26H2,(H,33,39)(H,37,38). The van der Waals surface area contributed by atoms with E-state index in [1.165, 1.54) is 17.1 Å². The Morgan fingerprint density at radius 2 is 0.938 bits per heavy atom. The number of nitrogens with zero attached hydrogens (tertiary/aromatic N) is 1. The number of nitrogens with one attached hydrogen (secondary N) is 1. The van der Waals surface area contributed by atoms with Gasteiger partial charge in [-0.25, -0.2) is 4.79 Å². The van der Waals surface area contributed by atoms with Crippen molar-refractivity contribution < 1.29 is 66.9 Å². The fraction of sp³-hybridized carbons (Fsp3) is 0.812. The molecular weight excluding hydrogens is 636 g/mol. The van der Waals surface area contributed by atoms with E-state index in [2.05, 4.69) is 5.32 Å². The Bertz CT molecular complexity index is 895. The zero-order valence-electron chi connectivity index (χ0n) is 28.0. The molecular formula is C32H54N2O14. The van der Waals surface area contributed by atoms with Crippen molar-refractivity contribution in [3.8, 4) is 0 Å². The molecule has 1 fully saturated rings. The van der Waals surface area contributed by atoms with E-state index >= 15 is 0 Å². The van der Waals surface area contributed by atoms with Crippen LogP contribution in [-0.2, 0) is 61.8 Å². The molecule has 276 valence electrons. The van der Waals surface area contributed by atoms with Crippen LogP contribution in [-0.4, -0.2) is 166 Å². The van der Waals surface area contributed by atoms with Crippen LogP contribution in [0.5, 0.6) is 0 Å². The van der Waals surface area contributed by atoms with Gasteiger partial charge in [0.1, 0.15) is 6.61 Å². The lowest BCUT2D eigenvalue weighted by Crippen LogP contribution is -2.39. The smallest absolute Gasteiger partial charge is 0.329 e. The van der Waals surface area contributed by atoms with E-state index in [-0.39, 0.29) is 42.8 Å². The number of carboxylic acids is 1. The molecule has 16 heteroatoms. The van der Waals surface area contributed by atoms with Crippen LogP contribution in [0.25, 0.3) is 0 Å². The predicted molar refractivity (Wildman–Crippen MR) is 169 cm³/mol. The number of amides is 3. The predicted octanol–water partition coefficient (Wildman–Crippen LogP) is 0.0680. The van der Waals surface area contributed by atoms with Crippen LogP contribution in [0.4, 0.5) is 0 Å². The summed E-state index contributed by atoms with van der Waals surface area (Å²) in [5, 5.41) is 11.4. The molecule has 1 heterocycles. The quantitative estimate of drug-likeness (QED) is 0.0713. The molecule has 1 saturated carbocycles. The topological polar surface area (TPSA) is 187 Å². The summed E-state index contributed by atoms with van der Waals surface area (Å²) < 4.78 is 48.2. The number of hydrogen-bond acceptors (Lipinski definition) is 13. The number of rotatable bonds is 32. The van der Waals surface area contributed by atoms with Gasteiger partial charge >= 0.3 is 5.97 Å². The first-order valence-corrected chi connectivity index (χ1v) is 16.7. The summed E-state index contributed by atoms with van der Waals surface area (Å²) in [7, 11) is 0. The Morgan fingerprint density at radius 3 is 1.31 bits per heavy atom. The Labute approximate surface area is 282 Å². The third-order valence-electron chi connectivity index (χ3n) is 7.31. The van der Waals surface area contributed by atoms with Crippen LogP contribution in [0.15, 0.2) is 12.2 Å². The van der Waals surface area contributed by atoms with Crippen molar-refractivity contribution in [1.29, 1.82) is 0 Å². The van der Waals surface area contributed by atoms with Crippen molar-refractivity contribution in [3.63, 3.8) is 0 Å². The fourth-order valence-electron chi connectivity index (χ4n) is 4.79. The second-order valence-corrected chi connectivity index (χ2v) is 11.0. The number of carbonyl (C=O) groups is 4. The molecule has 0 atom stereocenters. The minimum Gasteiger partial charge on any atom is -0.480 e. The van der Waals surface area contributed by atoms with E-state index in [0.29, 0.717) is 119 Å². The second kappa shape index (κ2) is 28.3. The summed E-state index contributed by atoms with van der Waals surface area (Å²) in [6.07, 6.45) is 5.77. The first-order chi connectivity index (χ1) is 23.5. The van der Waals surface area contributed by atoms with E-state index in [1.807, 2.05) is 0 Å². The van der Waals surface area contributed by atoms with Crippen molar-refractivity contribution in [1.82, 2.24) is 10.2 Å². The molecule has 0 unspecified atom stereocenters. The Morgan fingerprint density at radius 1 is 0.583 bits per heavy atom. The Balaban J connectivity index is 1.21. The van der Waals surface area contributed by atoms with E-state index in [0.717, 1.165) is 25.7 Å². The maximum absolute atomic E-state index is 12.4. The van der Waals surface area contributed by atoms with E-state index in [9.17, 15) is 19.2 Å². The molecule has 2 rings (SSSR count). The van der Waals surface area contributed by atoms with Gasteiger partial charge in [0.25, 0.3) is 11.8 Å². The highest BCUT2D eigenvalue weighted by molar-refractivity contribution is 6.12. The van der Waals surface area contributed by atoms with Gasteiger partial charge in [-0.1, -0.05) is 0 Å². The van der Waals surface area contributed by atoms with Gasteiger partial charge in [-0.05, 0) is 31.6 Å². The average Bonchev–Trinajstić information content (AvgIpc) is 3.39. The molecule has 16 nitrogen and oxygen atoms in total.